The molecule has 0 saturated heterocycles. The van der Waals surface area contributed by atoms with Gasteiger partial charge in [0.2, 0.25) is 3.78 Å². The van der Waals surface area contributed by atoms with E-state index in [2.05, 4.69) is 26.0 Å². The molecule has 0 bridgehead atoms. The zero-order chi connectivity index (χ0) is 8.48. The summed E-state index contributed by atoms with van der Waals surface area (Å²) in [5.74, 6) is -0.324. The van der Waals surface area contributed by atoms with Crippen molar-refractivity contribution in [1.29, 1.82) is 0 Å². The molecule has 0 amide bonds. The Hall–Kier alpha value is -0.160. The molecule has 3 nitrogen and oxygen atoms in total. The van der Waals surface area contributed by atoms with E-state index in [9.17, 15) is 4.79 Å². The van der Waals surface area contributed by atoms with E-state index in [0.717, 1.165) is 5.70 Å². The second-order valence-corrected chi connectivity index (χ2v) is 4.93. The first-order valence-corrected chi connectivity index (χ1v) is 4.66. The number of rotatable bonds is 1. The molecular weight excluding hydrogens is 230 g/mol. The molecule has 62 valence electrons. The summed E-state index contributed by atoms with van der Waals surface area (Å²) in [4.78, 5) is 11.1. The summed E-state index contributed by atoms with van der Waals surface area (Å²) in [6.07, 6.45) is 0. The van der Waals surface area contributed by atoms with Gasteiger partial charge in [-0.2, -0.15) is 0 Å². The molecule has 5 heteroatoms. The lowest BCUT2D eigenvalue weighted by Crippen LogP contribution is -2.39. The molecule has 1 unspecified atom stereocenters. The van der Waals surface area contributed by atoms with E-state index in [1.165, 1.54) is 18.9 Å². The van der Waals surface area contributed by atoms with Gasteiger partial charge < -0.3 is 10.1 Å². The van der Waals surface area contributed by atoms with E-state index in [-0.39, 0.29) is 5.97 Å². The molecule has 0 aromatic carbocycles. The van der Waals surface area contributed by atoms with Crippen molar-refractivity contribution >= 4 is 33.7 Å². The van der Waals surface area contributed by atoms with Crippen LogP contribution in [0.5, 0.6) is 0 Å². The van der Waals surface area contributed by atoms with E-state index >= 15 is 0 Å². The number of alkyl halides is 1. The van der Waals surface area contributed by atoms with Crippen LogP contribution in [0, 0.1) is 0 Å². The lowest BCUT2D eigenvalue weighted by Gasteiger charge is -2.18. The summed E-state index contributed by atoms with van der Waals surface area (Å²) < 4.78 is 3.78. The van der Waals surface area contributed by atoms with Crippen molar-refractivity contribution < 1.29 is 9.53 Å². The minimum atomic E-state index is -0.800. The minimum Gasteiger partial charge on any atom is -0.466 e. The highest BCUT2D eigenvalue weighted by Crippen LogP contribution is 2.37. The molecule has 11 heavy (non-hydrogen) atoms. The summed E-state index contributed by atoms with van der Waals surface area (Å²) in [6.45, 7) is 1.89. The van der Waals surface area contributed by atoms with Crippen molar-refractivity contribution in [3.05, 3.63) is 11.1 Å². The molecule has 1 rings (SSSR count). The first-order chi connectivity index (χ1) is 5.08. The van der Waals surface area contributed by atoms with E-state index < -0.39 is 3.78 Å². The summed E-state index contributed by atoms with van der Waals surface area (Å²) in [6, 6.07) is 0. The van der Waals surface area contributed by atoms with Crippen LogP contribution in [0.2, 0.25) is 0 Å². The molecule has 0 fully saturated rings. The van der Waals surface area contributed by atoms with Gasteiger partial charge in [0.15, 0.2) is 0 Å². The Morgan fingerprint density at radius 1 is 1.91 bits per heavy atom. The third-order valence-electron chi connectivity index (χ3n) is 1.20. The fourth-order valence-corrected chi connectivity index (χ4v) is 2.27. The van der Waals surface area contributed by atoms with Crippen LogP contribution in [-0.4, -0.2) is 16.9 Å². The van der Waals surface area contributed by atoms with Gasteiger partial charge in [-0.15, -0.1) is 0 Å². The average molecular weight is 238 g/mol. The van der Waals surface area contributed by atoms with Crippen LogP contribution in [0.4, 0.5) is 0 Å². The van der Waals surface area contributed by atoms with Crippen molar-refractivity contribution in [3.63, 3.8) is 0 Å². The van der Waals surface area contributed by atoms with Crippen molar-refractivity contribution in [2.75, 3.05) is 7.11 Å². The molecule has 1 aliphatic rings. The van der Waals surface area contributed by atoms with E-state index in [0.29, 0.717) is 0 Å². The van der Waals surface area contributed by atoms with Gasteiger partial charge in [0.25, 0.3) is 0 Å². The molecular formula is C6H8BrNO2S. The maximum Gasteiger partial charge on any atom is 0.354 e. The maximum absolute atomic E-state index is 11.1. The van der Waals surface area contributed by atoms with Crippen LogP contribution < -0.4 is 5.32 Å². The number of hydrogen-bond donors (Lipinski definition) is 1. The molecule has 0 aromatic heterocycles. The number of thioether (sulfide) groups is 1. The molecule has 0 aromatic rings. The van der Waals surface area contributed by atoms with Crippen molar-refractivity contribution in [2.24, 2.45) is 0 Å². The first-order valence-electron chi connectivity index (χ1n) is 2.98. The summed E-state index contributed by atoms with van der Waals surface area (Å²) in [7, 11) is 1.36. The maximum atomic E-state index is 11.1. The molecule has 1 atom stereocenters. The molecule has 0 aliphatic carbocycles. The third kappa shape index (κ3) is 1.70. The minimum absolute atomic E-state index is 0.324. The largest absolute Gasteiger partial charge is 0.466 e. The third-order valence-corrected chi connectivity index (χ3v) is 3.35. The van der Waals surface area contributed by atoms with Crippen LogP contribution >= 0.6 is 27.7 Å². The number of hydrogen-bond acceptors (Lipinski definition) is 4. The van der Waals surface area contributed by atoms with Gasteiger partial charge in [-0.1, -0.05) is 11.8 Å². The number of carbonyl (C=O) groups is 1. The number of esters is 1. The van der Waals surface area contributed by atoms with Crippen molar-refractivity contribution in [3.8, 4) is 0 Å². The lowest BCUT2D eigenvalue weighted by molar-refractivity contribution is -0.141. The lowest BCUT2D eigenvalue weighted by atomic mass is 10.5. The molecule has 0 spiro atoms. The Labute approximate surface area is 77.7 Å². The van der Waals surface area contributed by atoms with E-state index in [1.54, 1.807) is 0 Å². The highest BCUT2D eigenvalue weighted by Gasteiger charge is 2.40. The van der Waals surface area contributed by atoms with Gasteiger partial charge in [-0.05, 0) is 28.3 Å². The van der Waals surface area contributed by atoms with Gasteiger partial charge in [0.05, 0.1) is 7.11 Å². The standard InChI is InChI=1S/C6H8BrNO2S/c1-4-3-11-6(7,8-4)5(9)10-2/h3,8H,1-2H3. The van der Waals surface area contributed by atoms with Crippen LogP contribution in [0.25, 0.3) is 0 Å². The Bertz CT molecular complexity index is 219. The normalized spacial score (nSPS) is 29.2. The average Bonchev–Trinajstić information content (AvgIpc) is 2.31. The van der Waals surface area contributed by atoms with E-state index in [1.807, 2.05) is 12.3 Å². The fraction of sp³-hybridized carbons (Fsp3) is 0.500. The Balaban J connectivity index is 2.66. The summed E-state index contributed by atoms with van der Waals surface area (Å²) in [5, 5.41) is 4.81. The van der Waals surface area contributed by atoms with Gasteiger partial charge in [0, 0.05) is 5.70 Å². The van der Waals surface area contributed by atoms with Crippen LogP contribution in [0.3, 0.4) is 0 Å². The number of halogens is 1. The molecule has 1 aliphatic heterocycles. The second kappa shape index (κ2) is 3.06. The van der Waals surface area contributed by atoms with Crippen LogP contribution in [0.15, 0.2) is 11.1 Å². The van der Waals surface area contributed by atoms with E-state index in [4.69, 9.17) is 0 Å². The van der Waals surface area contributed by atoms with Crippen molar-refractivity contribution in [2.45, 2.75) is 10.7 Å². The van der Waals surface area contributed by atoms with Crippen LogP contribution in [0.1, 0.15) is 6.92 Å². The zero-order valence-electron chi connectivity index (χ0n) is 6.18. The van der Waals surface area contributed by atoms with Gasteiger partial charge in [0.1, 0.15) is 0 Å². The van der Waals surface area contributed by atoms with Crippen molar-refractivity contribution in [1.82, 2.24) is 5.32 Å². The van der Waals surface area contributed by atoms with Gasteiger partial charge in [-0.25, -0.2) is 4.79 Å². The van der Waals surface area contributed by atoms with Gasteiger partial charge >= 0.3 is 5.97 Å². The smallest absolute Gasteiger partial charge is 0.354 e. The molecule has 0 radical (unpaired) electrons. The second-order valence-electron chi connectivity index (χ2n) is 2.13. The Kier molecular flexibility index (Phi) is 2.49. The SMILES string of the molecule is COC(=O)C1(Br)NC(C)=CS1. The number of carbonyl (C=O) groups excluding carboxylic acids is 1. The number of methoxy groups -OCH3 is 1. The summed E-state index contributed by atoms with van der Waals surface area (Å²) in [5.41, 5.74) is 0.956. The molecule has 1 N–H and O–H groups in total. The summed E-state index contributed by atoms with van der Waals surface area (Å²) >= 11 is 4.59. The molecule has 0 saturated carbocycles. The number of allylic oxidation sites excluding steroid dienone is 1. The molecule has 1 heterocycles. The fourth-order valence-electron chi connectivity index (χ4n) is 0.713. The Morgan fingerprint density at radius 2 is 2.55 bits per heavy atom. The predicted octanol–water partition coefficient (Wildman–Crippen LogP) is 1.41. The predicted molar refractivity (Wildman–Crippen MR) is 48.2 cm³/mol. The Morgan fingerprint density at radius 3 is 2.91 bits per heavy atom. The number of ether oxygens (including phenoxy) is 1. The zero-order valence-corrected chi connectivity index (χ0v) is 8.58. The highest BCUT2D eigenvalue weighted by atomic mass is 79.9. The first kappa shape index (κ1) is 8.93. The monoisotopic (exact) mass is 237 g/mol. The topological polar surface area (TPSA) is 38.3 Å². The number of nitrogens with one attached hydrogen (secondary N) is 1. The highest BCUT2D eigenvalue weighted by molar-refractivity contribution is 9.12. The van der Waals surface area contributed by atoms with Crippen LogP contribution in [-0.2, 0) is 9.53 Å². The van der Waals surface area contributed by atoms with Gasteiger partial charge in [-0.3, -0.25) is 0 Å². The quantitative estimate of drug-likeness (QED) is 0.426.